The topological polar surface area (TPSA) is 75.0 Å². The van der Waals surface area contributed by atoms with Crippen LogP contribution in [0.2, 0.25) is 0 Å². The number of hydrogen-bond acceptors (Lipinski definition) is 7. The SMILES string of the molecule is COc1ccc(OCc2nnc(Sc3cc(C)nc(C)n3)n2-c2ccccc2F)cc1. The van der Waals surface area contributed by atoms with E-state index in [2.05, 4.69) is 20.2 Å². The zero-order chi connectivity index (χ0) is 21.8. The summed E-state index contributed by atoms with van der Waals surface area (Å²) in [6.45, 7) is 3.83. The fraction of sp³-hybridized carbons (Fsp3) is 0.182. The summed E-state index contributed by atoms with van der Waals surface area (Å²) in [5.74, 6) is 2.11. The second-order valence-corrected chi connectivity index (χ2v) is 7.63. The zero-order valence-electron chi connectivity index (χ0n) is 17.2. The predicted molar refractivity (Wildman–Crippen MR) is 114 cm³/mol. The van der Waals surface area contributed by atoms with Gasteiger partial charge in [0.2, 0.25) is 5.16 Å². The minimum Gasteiger partial charge on any atom is -0.497 e. The Balaban J connectivity index is 1.67. The molecule has 0 saturated heterocycles. The van der Waals surface area contributed by atoms with E-state index in [1.165, 1.54) is 17.8 Å². The third kappa shape index (κ3) is 4.83. The van der Waals surface area contributed by atoms with Crippen LogP contribution >= 0.6 is 11.8 Å². The summed E-state index contributed by atoms with van der Waals surface area (Å²) in [4.78, 5) is 8.73. The molecule has 2 aromatic carbocycles. The number of aryl methyl sites for hydroxylation is 2. The molecule has 0 aliphatic rings. The van der Waals surface area contributed by atoms with Crippen LogP contribution in [0.5, 0.6) is 11.5 Å². The maximum absolute atomic E-state index is 14.7. The third-order valence-corrected chi connectivity index (χ3v) is 5.22. The lowest BCUT2D eigenvalue weighted by molar-refractivity contribution is 0.292. The highest BCUT2D eigenvalue weighted by molar-refractivity contribution is 7.99. The lowest BCUT2D eigenvalue weighted by atomic mass is 10.3. The predicted octanol–water partition coefficient (Wildman–Crippen LogP) is 4.55. The number of nitrogens with zero attached hydrogens (tertiary/aromatic N) is 5. The van der Waals surface area contributed by atoms with Gasteiger partial charge in [-0.3, -0.25) is 4.57 Å². The van der Waals surface area contributed by atoms with Crippen molar-refractivity contribution in [1.82, 2.24) is 24.7 Å². The molecule has 0 aliphatic heterocycles. The van der Waals surface area contributed by atoms with Gasteiger partial charge in [0.15, 0.2) is 5.82 Å². The number of hydrogen-bond donors (Lipinski definition) is 0. The van der Waals surface area contributed by atoms with Gasteiger partial charge < -0.3 is 9.47 Å². The van der Waals surface area contributed by atoms with Crippen molar-refractivity contribution in [2.45, 2.75) is 30.6 Å². The molecule has 0 saturated carbocycles. The van der Waals surface area contributed by atoms with Crippen molar-refractivity contribution in [2.24, 2.45) is 0 Å². The summed E-state index contributed by atoms with van der Waals surface area (Å²) in [5, 5.41) is 9.72. The van der Waals surface area contributed by atoms with Crippen molar-refractivity contribution in [3.63, 3.8) is 0 Å². The molecular formula is C22H20FN5O2S. The third-order valence-electron chi connectivity index (χ3n) is 4.36. The molecule has 4 aromatic rings. The smallest absolute Gasteiger partial charge is 0.202 e. The van der Waals surface area contributed by atoms with Crippen molar-refractivity contribution in [2.75, 3.05) is 7.11 Å². The van der Waals surface area contributed by atoms with Crippen LogP contribution in [0.15, 0.2) is 64.8 Å². The van der Waals surface area contributed by atoms with Crippen LogP contribution in [0.1, 0.15) is 17.3 Å². The lowest BCUT2D eigenvalue weighted by Crippen LogP contribution is -2.08. The van der Waals surface area contributed by atoms with E-state index in [1.54, 1.807) is 54.1 Å². The molecule has 2 heterocycles. The monoisotopic (exact) mass is 437 g/mol. The van der Waals surface area contributed by atoms with Crippen LogP contribution < -0.4 is 9.47 Å². The molecular weight excluding hydrogens is 417 g/mol. The van der Waals surface area contributed by atoms with E-state index in [-0.39, 0.29) is 12.4 Å². The Kier molecular flexibility index (Phi) is 6.13. The van der Waals surface area contributed by atoms with Gasteiger partial charge >= 0.3 is 0 Å². The summed E-state index contributed by atoms with van der Waals surface area (Å²) in [6.07, 6.45) is 0. The van der Waals surface area contributed by atoms with Crippen molar-refractivity contribution < 1.29 is 13.9 Å². The van der Waals surface area contributed by atoms with Gasteiger partial charge in [0.25, 0.3) is 0 Å². The minimum absolute atomic E-state index is 0.107. The Hall–Kier alpha value is -3.46. The zero-order valence-corrected chi connectivity index (χ0v) is 18.1. The quantitative estimate of drug-likeness (QED) is 0.393. The Morgan fingerprint density at radius 3 is 2.42 bits per heavy atom. The maximum atomic E-state index is 14.7. The van der Waals surface area contributed by atoms with Gasteiger partial charge in [0.1, 0.15) is 34.8 Å². The van der Waals surface area contributed by atoms with Crippen LogP contribution in [-0.2, 0) is 6.61 Å². The van der Waals surface area contributed by atoms with Crippen LogP contribution in [-0.4, -0.2) is 31.8 Å². The molecule has 0 aliphatic carbocycles. The second kappa shape index (κ2) is 9.13. The van der Waals surface area contributed by atoms with Gasteiger partial charge in [0, 0.05) is 5.69 Å². The molecule has 0 unspecified atom stereocenters. The lowest BCUT2D eigenvalue weighted by Gasteiger charge is -2.12. The van der Waals surface area contributed by atoms with E-state index in [4.69, 9.17) is 9.47 Å². The molecule has 0 fully saturated rings. The average molecular weight is 438 g/mol. The van der Waals surface area contributed by atoms with Crippen LogP contribution in [0.4, 0.5) is 4.39 Å². The summed E-state index contributed by atoms with van der Waals surface area (Å²) in [6, 6.07) is 15.5. The molecule has 0 radical (unpaired) electrons. The van der Waals surface area contributed by atoms with Gasteiger partial charge in [-0.25, -0.2) is 14.4 Å². The number of para-hydroxylation sites is 1. The first-order chi connectivity index (χ1) is 15.0. The number of halogens is 1. The summed E-state index contributed by atoms with van der Waals surface area (Å²) in [7, 11) is 1.60. The Morgan fingerprint density at radius 2 is 1.71 bits per heavy atom. The van der Waals surface area contributed by atoms with Gasteiger partial charge in [-0.15, -0.1) is 10.2 Å². The number of methoxy groups -OCH3 is 1. The summed E-state index contributed by atoms with van der Waals surface area (Å²) >= 11 is 1.29. The molecule has 158 valence electrons. The first kappa shape index (κ1) is 20.8. The highest BCUT2D eigenvalue weighted by Gasteiger charge is 2.19. The van der Waals surface area contributed by atoms with E-state index < -0.39 is 0 Å². The van der Waals surface area contributed by atoms with Gasteiger partial charge in [0.05, 0.1) is 12.8 Å². The highest BCUT2D eigenvalue weighted by Crippen LogP contribution is 2.29. The number of rotatable bonds is 7. The van der Waals surface area contributed by atoms with Crippen molar-refractivity contribution >= 4 is 11.8 Å². The summed E-state index contributed by atoms with van der Waals surface area (Å²) < 4.78 is 27.3. The first-order valence-corrected chi connectivity index (χ1v) is 10.3. The minimum atomic E-state index is -0.384. The molecule has 4 rings (SSSR count). The average Bonchev–Trinajstić information content (AvgIpc) is 3.14. The van der Waals surface area contributed by atoms with Crippen molar-refractivity contribution in [1.29, 1.82) is 0 Å². The van der Waals surface area contributed by atoms with Gasteiger partial charge in [-0.05, 0) is 68.1 Å². The Bertz CT molecular complexity index is 1180. The summed E-state index contributed by atoms with van der Waals surface area (Å²) in [5.41, 5.74) is 1.18. The van der Waals surface area contributed by atoms with E-state index in [0.717, 1.165) is 11.4 Å². The highest BCUT2D eigenvalue weighted by atomic mass is 32.2. The van der Waals surface area contributed by atoms with Crippen LogP contribution in [0.25, 0.3) is 5.69 Å². The van der Waals surface area contributed by atoms with Crippen LogP contribution in [0, 0.1) is 19.7 Å². The molecule has 0 atom stereocenters. The molecule has 31 heavy (non-hydrogen) atoms. The van der Waals surface area contributed by atoms with E-state index in [9.17, 15) is 4.39 Å². The van der Waals surface area contributed by atoms with Gasteiger partial charge in [-0.2, -0.15) is 0 Å². The molecule has 7 nitrogen and oxygen atoms in total. The Labute approximate surface area is 183 Å². The van der Waals surface area contributed by atoms with E-state index >= 15 is 0 Å². The van der Waals surface area contributed by atoms with Gasteiger partial charge in [-0.1, -0.05) is 12.1 Å². The number of aromatic nitrogens is 5. The largest absolute Gasteiger partial charge is 0.497 e. The molecule has 9 heteroatoms. The maximum Gasteiger partial charge on any atom is 0.202 e. The van der Waals surface area contributed by atoms with E-state index in [0.29, 0.717) is 33.3 Å². The fourth-order valence-corrected chi connectivity index (χ4v) is 3.95. The molecule has 0 amide bonds. The Morgan fingerprint density at radius 1 is 0.968 bits per heavy atom. The molecule has 2 aromatic heterocycles. The molecule has 0 spiro atoms. The normalized spacial score (nSPS) is 10.8. The van der Waals surface area contributed by atoms with Crippen molar-refractivity contribution in [3.8, 4) is 17.2 Å². The fourth-order valence-electron chi connectivity index (χ4n) is 2.98. The van der Waals surface area contributed by atoms with Crippen LogP contribution in [0.3, 0.4) is 0 Å². The molecule has 0 N–H and O–H groups in total. The molecule has 0 bridgehead atoms. The number of benzene rings is 2. The van der Waals surface area contributed by atoms with Crippen molar-refractivity contribution in [3.05, 3.63) is 77.8 Å². The van der Waals surface area contributed by atoms with E-state index in [1.807, 2.05) is 19.9 Å². The second-order valence-electron chi connectivity index (χ2n) is 6.65. The first-order valence-electron chi connectivity index (χ1n) is 9.49. The standard InChI is InChI=1S/C22H20FN5O2S/c1-14-12-21(25-15(2)24-14)31-22-27-26-20(28(22)19-7-5-4-6-18(19)23)13-30-17-10-8-16(29-3)9-11-17/h4-12H,13H2,1-3H3. The number of ether oxygens (including phenoxy) is 2.